The van der Waals surface area contributed by atoms with Gasteiger partial charge in [-0.15, -0.1) is 0 Å². The Morgan fingerprint density at radius 1 is 0.833 bits per heavy atom. The maximum Gasteiger partial charge on any atom is 0.344 e. The summed E-state index contributed by atoms with van der Waals surface area (Å²) in [5, 5.41) is 0.698. The molecule has 1 aliphatic heterocycles. The van der Waals surface area contributed by atoms with Crippen LogP contribution in [0.1, 0.15) is 38.5 Å². The zero-order valence-corrected chi connectivity index (χ0v) is 16.7. The molecule has 5 rings (SSSR count). The summed E-state index contributed by atoms with van der Waals surface area (Å²) in [6, 6.07) is 22.5. The van der Waals surface area contributed by atoms with E-state index in [1.54, 1.807) is 24.3 Å². The van der Waals surface area contributed by atoms with Crippen LogP contribution in [0.2, 0.25) is 0 Å². The van der Waals surface area contributed by atoms with E-state index in [-0.39, 0.29) is 5.78 Å². The first-order chi connectivity index (χ1) is 14.5. The second-order valence-corrected chi connectivity index (χ2v) is 7.79. The molecule has 0 unspecified atom stereocenters. The van der Waals surface area contributed by atoms with E-state index in [1.165, 1.54) is 0 Å². The highest BCUT2D eigenvalue weighted by Gasteiger charge is 2.44. The van der Waals surface area contributed by atoms with Crippen LogP contribution in [0.15, 0.2) is 82.0 Å². The van der Waals surface area contributed by atoms with Crippen LogP contribution in [-0.2, 0) is 0 Å². The minimum Gasteiger partial charge on any atom is -0.480 e. The van der Waals surface area contributed by atoms with Crippen molar-refractivity contribution < 1.29 is 13.9 Å². The van der Waals surface area contributed by atoms with Gasteiger partial charge in [0.25, 0.3) is 0 Å². The second-order valence-electron chi connectivity index (χ2n) is 7.79. The molecule has 0 radical (unpaired) electrons. The number of fused-ring (bicyclic) bond motifs is 3. The third-order valence-electron chi connectivity index (χ3n) is 5.69. The van der Waals surface area contributed by atoms with Crippen molar-refractivity contribution in [2.45, 2.75) is 25.9 Å². The van der Waals surface area contributed by atoms with E-state index < -0.39 is 17.6 Å². The number of hydrogen-bond acceptors (Lipinski definition) is 4. The lowest BCUT2D eigenvalue weighted by molar-refractivity contribution is 0.0808. The summed E-state index contributed by atoms with van der Waals surface area (Å²) in [6.45, 7) is 3.97. The molecular formula is C26H20O4. The molecule has 0 N–H and O–H groups in total. The van der Waals surface area contributed by atoms with E-state index >= 15 is 0 Å². The summed E-state index contributed by atoms with van der Waals surface area (Å²) in [7, 11) is 0. The number of carbonyl (C=O) groups is 1. The Kier molecular flexibility index (Phi) is 4.28. The number of carbonyl (C=O) groups excluding carboxylic acids is 1. The van der Waals surface area contributed by atoms with Crippen molar-refractivity contribution in [3.05, 3.63) is 111 Å². The molecule has 148 valence electrons. The van der Waals surface area contributed by atoms with Crippen LogP contribution in [0, 0.1) is 13.8 Å². The minimum atomic E-state index is -0.834. The summed E-state index contributed by atoms with van der Waals surface area (Å²) >= 11 is 0. The van der Waals surface area contributed by atoms with Crippen molar-refractivity contribution in [1.82, 2.24) is 0 Å². The molecule has 2 atom stereocenters. The number of hydrogen-bond donors (Lipinski definition) is 0. The highest BCUT2D eigenvalue weighted by atomic mass is 16.5. The van der Waals surface area contributed by atoms with Crippen LogP contribution in [0.3, 0.4) is 0 Å². The van der Waals surface area contributed by atoms with Gasteiger partial charge in [0.2, 0.25) is 5.78 Å². The maximum atomic E-state index is 13.5. The molecule has 0 aliphatic carbocycles. The Morgan fingerprint density at radius 3 is 2.17 bits per heavy atom. The Morgan fingerprint density at radius 2 is 1.47 bits per heavy atom. The molecule has 3 aromatic carbocycles. The van der Waals surface area contributed by atoms with Crippen LogP contribution in [0.4, 0.5) is 0 Å². The number of benzene rings is 3. The quantitative estimate of drug-likeness (QED) is 0.353. The van der Waals surface area contributed by atoms with E-state index in [4.69, 9.17) is 9.15 Å². The van der Waals surface area contributed by atoms with E-state index in [0.29, 0.717) is 27.8 Å². The topological polar surface area (TPSA) is 56.5 Å². The first-order valence-corrected chi connectivity index (χ1v) is 9.93. The molecule has 4 nitrogen and oxygen atoms in total. The fourth-order valence-electron chi connectivity index (χ4n) is 4.08. The van der Waals surface area contributed by atoms with E-state index in [9.17, 15) is 9.59 Å². The predicted molar refractivity (Wildman–Crippen MR) is 115 cm³/mol. The first kappa shape index (κ1) is 18.4. The highest BCUT2D eigenvalue weighted by molar-refractivity contribution is 6.02. The third-order valence-corrected chi connectivity index (χ3v) is 5.69. The number of ether oxygens (including phenoxy) is 1. The Hall–Kier alpha value is -3.66. The first-order valence-electron chi connectivity index (χ1n) is 9.93. The van der Waals surface area contributed by atoms with Gasteiger partial charge in [-0.1, -0.05) is 71.8 Å². The summed E-state index contributed by atoms with van der Waals surface area (Å²) in [6.07, 6.45) is -0.834. The minimum absolute atomic E-state index is 0.153. The second kappa shape index (κ2) is 6.99. The van der Waals surface area contributed by atoms with Gasteiger partial charge in [0.1, 0.15) is 11.3 Å². The number of para-hydroxylation sites is 1. The van der Waals surface area contributed by atoms with Gasteiger partial charge in [-0.3, -0.25) is 4.79 Å². The van der Waals surface area contributed by atoms with Crippen molar-refractivity contribution in [2.24, 2.45) is 0 Å². The van der Waals surface area contributed by atoms with Gasteiger partial charge < -0.3 is 9.15 Å². The van der Waals surface area contributed by atoms with Gasteiger partial charge in [0.05, 0.1) is 16.9 Å². The van der Waals surface area contributed by atoms with Crippen LogP contribution in [0.5, 0.6) is 5.75 Å². The summed E-state index contributed by atoms with van der Waals surface area (Å²) in [5.41, 5.74) is 3.98. The zero-order valence-electron chi connectivity index (χ0n) is 16.7. The lowest BCUT2D eigenvalue weighted by Gasteiger charge is -2.18. The Bertz CT molecular complexity index is 1310. The lowest BCUT2D eigenvalue weighted by Crippen LogP contribution is -2.31. The number of aryl methyl sites for hydroxylation is 2. The smallest absolute Gasteiger partial charge is 0.344 e. The maximum absolute atomic E-state index is 13.5. The normalized spacial score (nSPS) is 17.5. The van der Waals surface area contributed by atoms with Crippen molar-refractivity contribution in [2.75, 3.05) is 0 Å². The molecule has 1 aliphatic rings. The molecular weight excluding hydrogens is 376 g/mol. The fraction of sp³-hybridized carbons (Fsp3) is 0.154. The number of Topliss-reactive ketones (excluding diaryl/α,β-unsaturated/α-hetero) is 1. The Balaban J connectivity index is 1.71. The average Bonchev–Trinajstić information content (AvgIpc) is 3.16. The van der Waals surface area contributed by atoms with Gasteiger partial charge >= 0.3 is 5.63 Å². The van der Waals surface area contributed by atoms with Gasteiger partial charge in [-0.25, -0.2) is 4.79 Å². The van der Waals surface area contributed by atoms with Crippen molar-refractivity contribution in [3.8, 4) is 5.75 Å². The largest absolute Gasteiger partial charge is 0.480 e. The highest BCUT2D eigenvalue weighted by Crippen LogP contribution is 2.45. The van der Waals surface area contributed by atoms with Crippen LogP contribution in [0.25, 0.3) is 11.0 Å². The number of rotatable bonds is 3. The standard InChI is InChI=1S/C26H20O4/c1-15-7-11-17(12-8-15)21-22-24(19-5-3-4-6-20(19)29-26(22)28)30-25(21)23(27)18-13-9-16(2)10-14-18/h3-14,21,25H,1-2H3/t21-,25-/m0/s1. The van der Waals surface area contributed by atoms with Gasteiger partial charge in [-0.05, 0) is 31.5 Å². The van der Waals surface area contributed by atoms with Crippen LogP contribution in [-0.4, -0.2) is 11.9 Å². The van der Waals surface area contributed by atoms with E-state index in [0.717, 1.165) is 16.7 Å². The van der Waals surface area contributed by atoms with E-state index in [1.807, 2.05) is 62.4 Å². The molecule has 30 heavy (non-hydrogen) atoms. The van der Waals surface area contributed by atoms with Gasteiger partial charge in [0.15, 0.2) is 6.10 Å². The van der Waals surface area contributed by atoms with Crippen molar-refractivity contribution in [1.29, 1.82) is 0 Å². The van der Waals surface area contributed by atoms with Gasteiger partial charge in [0, 0.05) is 5.56 Å². The zero-order chi connectivity index (χ0) is 20.8. The van der Waals surface area contributed by atoms with Crippen molar-refractivity contribution >= 4 is 16.8 Å². The monoisotopic (exact) mass is 396 g/mol. The third kappa shape index (κ3) is 2.92. The van der Waals surface area contributed by atoms with Crippen molar-refractivity contribution in [3.63, 3.8) is 0 Å². The molecule has 1 aromatic heterocycles. The number of ketones is 1. The van der Waals surface area contributed by atoms with Gasteiger partial charge in [-0.2, -0.15) is 0 Å². The van der Waals surface area contributed by atoms with E-state index in [2.05, 4.69) is 0 Å². The lowest BCUT2D eigenvalue weighted by atomic mass is 9.85. The van der Waals surface area contributed by atoms with Crippen LogP contribution >= 0.6 is 0 Å². The molecule has 0 bridgehead atoms. The molecule has 0 amide bonds. The fourth-order valence-corrected chi connectivity index (χ4v) is 4.08. The molecule has 4 heteroatoms. The molecule has 0 fully saturated rings. The SMILES string of the molecule is Cc1ccc(C(=O)[C@H]2Oc3c(c(=O)oc4ccccc34)[C@@H]2c2ccc(C)cc2)cc1. The molecule has 0 saturated heterocycles. The summed E-state index contributed by atoms with van der Waals surface area (Å²) in [4.78, 5) is 26.4. The summed E-state index contributed by atoms with van der Waals surface area (Å²) in [5.74, 6) is -0.242. The molecule has 4 aromatic rings. The Labute approximate surface area is 173 Å². The molecule has 0 spiro atoms. The molecule has 2 heterocycles. The molecule has 0 saturated carbocycles. The average molecular weight is 396 g/mol. The predicted octanol–water partition coefficient (Wildman–Crippen LogP) is 5.19. The van der Waals surface area contributed by atoms with Crippen LogP contribution < -0.4 is 10.4 Å². The summed E-state index contributed by atoms with van der Waals surface area (Å²) < 4.78 is 11.8.